The molecule has 0 radical (unpaired) electrons. The molecule has 1 spiro atoms. The highest BCUT2D eigenvalue weighted by Gasteiger charge is 2.54. The van der Waals surface area contributed by atoms with Crippen molar-refractivity contribution in [3.05, 3.63) is 77.4 Å². The van der Waals surface area contributed by atoms with Gasteiger partial charge in [-0.25, -0.2) is 0 Å². The van der Waals surface area contributed by atoms with E-state index in [0.29, 0.717) is 0 Å². The smallest absolute Gasteiger partial charge is 0.0717 e. The summed E-state index contributed by atoms with van der Waals surface area (Å²) in [6.45, 7) is 15.8. The molecule has 0 bridgehead atoms. The minimum absolute atomic E-state index is 0.0216. The molecule has 1 heterocycles. The van der Waals surface area contributed by atoms with E-state index in [1.807, 2.05) is 0 Å². The van der Waals surface area contributed by atoms with Crippen LogP contribution in [0.5, 0.6) is 0 Å². The Hall–Kier alpha value is -2.28. The highest BCUT2D eigenvalue weighted by molar-refractivity contribution is 5.75. The van der Waals surface area contributed by atoms with Gasteiger partial charge in [0, 0.05) is 24.6 Å². The third-order valence-corrected chi connectivity index (χ3v) is 7.02. The second-order valence-electron chi connectivity index (χ2n) is 9.78. The van der Waals surface area contributed by atoms with E-state index in [9.17, 15) is 0 Å². The maximum atomic E-state index is 4.35. The fraction of sp³-hybridized carbons (Fsp3) is 0.385. The molecule has 0 saturated heterocycles. The third-order valence-electron chi connectivity index (χ3n) is 7.02. The van der Waals surface area contributed by atoms with Crippen LogP contribution in [0.4, 0.5) is 5.69 Å². The van der Waals surface area contributed by atoms with Crippen LogP contribution >= 0.6 is 0 Å². The second-order valence-corrected chi connectivity index (χ2v) is 9.78. The molecule has 0 aromatic heterocycles. The van der Waals surface area contributed by atoms with Gasteiger partial charge in [-0.15, -0.1) is 0 Å². The fourth-order valence-electron chi connectivity index (χ4n) is 4.93. The van der Waals surface area contributed by atoms with Crippen LogP contribution in [-0.2, 0) is 11.8 Å². The van der Waals surface area contributed by atoms with Crippen LogP contribution in [0.1, 0.15) is 56.9 Å². The Labute approximate surface area is 164 Å². The number of likely N-dealkylation sites (N-methyl/N-ethyl adjacent to an activating group) is 1. The van der Waals surface area contributed by atoms with Gasteiger partial charge in [0.05, 0.1) is 5.54 Å². The van der Waals surface area contributed by atoms with Crippen LogP contribution in [0.15, 0.2) is 55.1 Å². The van der Waals surface area contributed by atoms with E-state index in [4.69, 9.17) is 0 Å². The van der Waals surface area contributed by atoms with E-state index < -0.39 is 0 Å². The minimum Gasteiger partial charge on any atom is -0.364 e. The van der Waals surface area contributed by atoms with Crippen LogP contribution in [0, 0.1) is 5.41 Å². The van der Waals surface area contributed by atoms with Crippen LogP contribution in [0.3, 0.4) is 0 Å². The van der Waals surface area contributed by atoms with Gasteiger partial charge in [0.2, 0.25) is 0 Å². The lowest BCUT2D eigenvalue weighted by Gasteiger charge is -2.46. The number of hydrogen-bond donors (Lipinski definition) is 0. The molecule has 1 aliphatic carbocycles. The second kappa shape index (κ2) is 5.61. The van der Waals surface area contributed by atoms with E-state index in [1.54, 1.807) is 0 Å². The number of anilines is 1. The summed E-state index contributed by atoms with van der Waals surface area (Å²) in [7, 11) is 2.25. The van der Waals surface area contributed by atoms with Gasteiger partial charge in [-0.1, -0.05) is 83.7 Å². The largest absolute Gasteiger partial charge is 0.364 e. The summed E-state index contributed by atoms with van der Waals surface area (Å²) in [4.78, 5) is 2.49. The van der Waals surface area contributed by atoms with Crippen LogP contribution < -0.4 is 4.90 Å². The maximum Gasteiger partial charge on any atom is 0.0717 e. The van der Waals surface area contributed by atoms with Crippen molar-refractivity contribution < 1.29 is 0 Å². The van der Waals surface area contributed by atoms with Gasteiger partial charge in [0.25, 0.3) is 0 Å². The topological polar surface area (TPSA) is 3.24 Å². The highest BCUT2D eigenvalue weighted by Crippen LogP contribution is 2.54. The fourth-order valence-corrected chi connectivity index (χ4v) is 4.93. The quantitative estimate of drug-likeness (QED) is 0.564. The van der Waals surface area contributed by atoms with Gasteiger partial charge >= 0.3 is 0 Å². The van der Waals surface area contributed by atoms with Crippen molar-refractivity contribution >= 4 is 17.3 Å². The first-order valence-corrected chi connectivity index (χ1v) is 9.93. The number of nitrogens with zero attached hydrogens (tertiary/aromatic N) is 1. The van der Waals surface area contributed by atoms with Gasteiger partial charge < -0.3 is 4.90 Å². The SMILES string of the molecule is C=C(c1ccc2c(c1)C=CC1(C2)N(C)c2ccccc2C1(C)C)C(C)(C)C. The first kappa shape index (κ1) is 18.1. The number of hydrogen-bond acceptors (Lipinski definition) is 1. The van der Waals surface area contributed by atoms with Gasteiger partial charge in [-0.2, -0.15) is 0 Å². The summed E-state index contributed by atoms with van der Waals surface area (Å²) in [5, 5.41) is 0. The van der Waals surface area contributed by atoms with Crippen molar-refractivity contribution in [2.24, 2.45) is 5.41 Å². The van der Waals surface area contributed by atoms with Gasteiger partial charge in [-0.05, 0) is 45.4 Å². The molecule has 140 valence electrons. The molecular weight excluding hydrogens is 326 g/mol. The predicted molar refractivity (Wildman–Crippen MR) is 118 cm³/mol. The van der Waals surface area contributed by atoms with Crippen molar-refractivity contribution in [1.29, 1.82) is 0 Å². The summed E-state index contributed by atoms with van der Waals surface area (Å²) in [5.41, 5.74) is 8.13. The average molecular weight is 358 g/mol. The maximum absolute atomic E-state index is 4.35. The van der Waals surface area contributed by atoms with Gasteiger partial charge in [0.15, 0.2) is 0 Å². The molecule has 2 aliphatic rings. The molecule has 0 amide bonds. The Morgan fingerprint density at radius 3 is 2.44 bits per heavy atom. The number of para-hydroxylation sites is 1. The summed E-state index contributed by atoms with van der Waals surface area (Å²) in [6.07, 6.45) is 5.81. The van der Waals surface area contributed by atoms with Crippen molar-refractivity contribution in [1.82, 2.24) is 0 Å². The average Bonchev–Trinajstić information content (AvgIpc) is 2.79. The van der Waals surface area contributed by atoms with E-state index in [0.717, 1.165) is 6.42 Å². The van der Waals surface area contributed by atoms with Gasteiger partial charge in [0.1, 0.15) is 0 Å². The lowest BCUT2D eigenvalue weighted by Crippen LogP contribution is -2.55. The number of rotatable bonds is 1. The summed E-state index contributed by atoms with van der Waals surface area (Å²) in [5.74, 6) is 0. The van der Waals surface area contributed by atoms with Crippen molar-refractivity contribution in [2.75, 3.05) is 11.9 Å². The van der Waals surface area contributed by atoms with E-state index in [-0.39, 0.29) is 16.4 Å². The molecule has 4 rings (SSSR count). The number of allylic oxidation sites excluding steroid dienone is 1. The van der Waals surface area contributed by atoms with E-state index >= 15 is 0 Å². The molecule has 1 heteroatoms. The van der Waals surface area contributed by atoms with Crippen molar-refractivity contribution in [3.63, 3.8) is 0 Å². The third kappa shape index (κ3) is 2.44. The first-order valence-electron chi connectivity index (χ1n) is 9.93. The summed E-state index contributed by atoms with van der Waals surface area (Å²) < 4.78 is 0. The molecule has 2 aromatic carbocycles. The van der Waals surface area contributed by atoms with Crippen molar-refractivity contribution in [2.45, 2.75) is 52.0 Å². The standard InChI is InChI=1S/C26H31N/c1-18(24(2,3)4)19-12-13-21-17-26(15-14-20(21)16-19)25(5,6)22-10-8-9-11-23(22)27(26)7/h8-16H,1,17H2,2-7H3. The molecule has 2 aromatic rings. The monoisotopic (exact) mass is 357 g/mol. The van der Waals surface area contributed by atoms with Crippen LogP contribution in [0.25, 0.3) is 11.6 Å². The normalized spacial score (nSPS) is 22.7. The molecule has 0 saturated carbocycles. The number of benzene rings is 2. The van der Waals surface area contributed by atoms with Gasteiger partial charge in [-0.3, -0.25) is 0 Å². The molecule has 1 atom stereocenters. The Morgan fingerprint density at radius 1 is 1.07 bits per heavy atom. The lowest BCUT2D eigenvalue weighted by molar-refractivity contribution is 0.330. The van der Waals surface area contributed by atoms with Crippen LogP contribution in [-0.4, -0.2) is 12.6 Å². The molecule has 1 nitrogen and oxygen atoms in total. The Kier molecular flexibility index (Phi) is 3.76. The number of fused-ring (bicyclic) bond motifs is 2. The summed E-state index contributed by atoms with van der Waals surface area (Å²) >= 11 is 0. The first-order chi connectivity index (χ1) is 12.6. The lowest BCUT2D eigenvalue weighted by atomic mass is 9.65. The van der Waals surface area contributed by atoms with Crippen LogP contribution in [0.2, 0.25) is 0 Å². The van der Waals surface area contributed by atoms with E-state index in [2.05, 4.69) is 108 Å². The molecule has 1 aliphatic heterocycles. The predicted octanol–water partition coefficient (Wildman–Crippen LogP) is 6.48. The van der Waals surface area contributed by atoms with Crippen molar-refractivity contribution in [3.8, 4) is 0 Å². The van der Waals surface area contributed by atoms with E-state index in [1.165, 1.54) is 33.5 Å². The Morgan fingerprint density at radius 2 is 1.78 bits per heavy atom. The Balaban J connectivity index is 1.77. The zero-order valence-corrected chi connectivity index (χ0v) is 17.6. The summed E-state index contributed by atoms with van der Waals surface area (Å²) in [6, 6.07) is 15.8. The molecule has 27 heavy (non-hydrogen) atoms. The Bertz CT molecular complexity index is 954. The molecule has 0 N–H and O–H groups in total. The molecule has 1 unspecified atom stereocenters. The molecular formula is C26H31N. The zero-order valence-electron chi connectivity index (χ0n) is 17.6. The zero-order chi connectivity index (χ0) is 19.6. The minimum atomic E-state index is -0.0216. The molecule has 0 fully saturated rings. The highest BCUT2D eigenvalue weighted by atomic mass is 15.2.